The van der Waals surface area contributed by atoms with Gasteiger partial charge in [0.2, 0.25) is 0 Å². The first-order chi connectivity index (χ1) is 17.6. The average molecular weight is 485 g/mol. The molecule has 4 heterocycles. The normalized spacial score (nSPS) is 23.8. The van der Waals surface area contributed by atoms with E-state index in [0.29, 0.717) is 19.1 Å². The summed E-state index contributed by atoms with van der Waals surface area (Å²) in [6, 6.07) is 17.1. The van der Waals surface area contributed by atoms with Gasteiger partial charge < -0.3 is 14.7 Å². The highest BCUT2D eigenvalue weighted by atomic mass is 16.5. The van der Waals surface area contributed by atoms with E-state index in [4.69, 9.17) is 4.74 Å². The maximum atomic E-state index is 12.5. The summed E-state index contributed by atoms with van der Waals surface area (Å²) in [5.41, 5.74) is 5.10. The fraction of sp³-hybridized carbons (Fsp3) is 0.414. The van der Waals surface area contributed by atoms with Crippen LogP contribution in [0, 0.1) is 5.92 Å². The number of carboxylic acid groups (broad SMARTS) is 1. The van der Waals surface area contributed by atoms with Crippen molar-refractivity contribution in [3.8, 4) is 11.1 Å². The van der Waals surface area contributed by atoms with Crippen LogP contribution in [-0.2, 0) is 23.5 Å². The lowest BCUT2D eigenvalue weighted by Gasteiger charge is -2.50. The van der Waals surface area contributed by atoms with Gasteiger partial charge in [0.1, 0.15) is 6.33 Å². The molecule has 2 bridgehead atoms. The second kappa shape index (κ2) is 9.64. The topological polar surface area (TPSA) is 78.8 Å². The van der Waals surface area contributed by atoms with Crippen LogP contribution in [-0.4, -0.2) is 56.6 Å². The number of piperidine rings is 3. The second-order valence-electron chi connectivity index (χ2n) is 10.4. The molecule has 7 heteroatoms. The smallest absolute Gasteiger partial charge is 0.408 e. The molecule has 1 atom stereocenters. The van der Waals surface area contributed by atoms with Crippen molar-refractivity contribution >= 4 is 6.09 Å². The van der Waals surface area contributed by atoms with Crippen LogP contribution in [0.2, 0.25) is 0 Å². The molecule has 1 unspecified atom stereocenters. The number of aromatic nitrogens is 2. The van der Waals surface area contributed by atoms with Gasteiger partial charge in [-0.1, -0.05) is 48.5 Å². The Balaban J connectivity index is 1.13. The highest BCUT2D eigenvalue weighted by Gasteiger charge is 2.56. The van der Waals surface area contributed by atoms with E-state index in [0.717, 1.165) is 73.1 Å². The van der Waals surface area contributed by atoms with E-state index >= 15 is 0 Å². The Morgan fingerprint density at radius 2 is 1.56 bits per heavy atom. The van der Waals surface area contributed by atoms with E-state index in [1.807, 2.05) is 4.90 Å². The molecule has 1 N–H and O–H groups in total. The molecule has 7 rings (SSSR count). The molecular formula is C29H32N4O3. The van der Waals surface area contributed by atoms with E-state index in [1.165, 1.54) is 6.33 Å². The van der Waals surface area contributed by atoms with E-state index < -0.39 is 6.09 Å². The summed E-state index contributed by atoms with van der Waals surface area (Å²) in [4.78, 5) is 24.8. The van der Waals surface area contributed by atoms with Gasteiger partial charge in [-0.3, -0.25) is 4.90 Å². The molecule has 3 aliphatic heterocycles. The standard InChI is InChI=1S/C29H32N4O3/c34-28(35)33(27-17-32-13-9-25(27)10-14-32)29(11-12-29)26-7-5-24(6-8-26)23-3-1-21(2-4-23)18-36-19-22-15-30-20-31-16-22/h1-8,15-16,20,25,27H,9-14,17-19H2,(H,34,35). The molecule has 186 valence electrons. The quantitative estimate of drug-likeness (QED) is 0.489. The summed E-state index contributed by atoms with van der Waals surface area (Å²) in [7, 11) is 0. The van der Waals surface area contributed by atoms with Gasteiger partial charge in [-0.05, 0) is 66.9 Å². The zero-order chi connectivity index (χ0) is 24.5. The molecule has 1 amide bonds. The molecule has 0 radical (unpaired) electrons. The highest BCUT2D eigenvalue weighted by Crippen LogP contribution is 2.54. The summed E-state index contributed by atoms with van der Waals surface area (Å²) in [6.45, 7) is 4.12. The van der Waals surface area contributed by atoms with Gasteiger partial charge in [-0.15, -0.1) is 0 Å². The monoisotopic (exact) mass is 484 g/mol. The first-order valence-corrected chi connectivity index (χ1v) is 12.9. The van der Waals surface area contributed by atoms with Crippen molar-refractivity contribution in [3.05, 3.63) is 83.9 Å². The summed E-state index contributed by atoms with van der Waals surface area (Å²) in [5.74, 6) is 0.492. The molecule has 1 saturated carbocycles. The van der Waals surface area contributed by atoms with Crippen molar-refractivity contribution in [3.63, 3.8) is 0 Å². The molecule has 2 aromatic carbocycles. The van der Waals surface area contributed by atoms with Crippen LogP contribution in [0.25, 0.3) is 11.1 Å². The number of amides is 1. The lowest BCUT2D eigenvalue weighted by molar-refractivity contribution is -0.0131. The van der Waals surface area contributed by atoms with Gasteiger partial charge in [-0.2, -0.15) is 0 Å². The van der Waals surface area contributed by atoms with E-state index in [9.17, 15) is 9.90 Å². The number of hydrogen-bond acceptors (Lipinski definition) is 5. The molecular weight excluding hydrogens is 452 g/mol. The number of ether oxygens (including phenoxy) is 1. The Kier molecular flexibility index (Phi) is 6.19. The molecule has 7 nitrogen and oxygen atoms in total. The summed E-state index contributed by atoms with van der Waals surface area (Å²) in [5, 5.41) is 10.3. The predicted molar refractivity (Wildman–Crippen MR) is 136 cm³/mol. The fourth-order valence-corrected chi connectivity index (χ4v) is 6.11. The van der Waals surface area contributed by atoms with Crippen molar-refractivity contribution in [2.45, 2.75) is 50.5 Å². The first kappa shape index (κ1) is 23.1. The number of rotatable bonds is 8. The largest absolute Gasteiger partial charge is 0.465 e. The molecule has 3 aromatic rings. The Morgan fingerprint density at radius 3 is 2.11 bits per heavy atom. The lowest BCUT2D eigenvalue weighted by atomic mass is 9.82. The van der Waals surface area contributed by atoms with E-state index in [2.05, 4.69) is 63.4 Å². The van der Waals surface area contributed by atoms with E-state index in [-0.39, 0.29) is 11.6 Å². The van der Waals surface area contributed by atoms with Crippen LogP contribution in [0.15, 0.2) is 67.3 Å². The summed E-state index contributed by atoms with van der Waals surface area (Å²) < 4.78 is 5.79. The summed E-state index contributed by atoms with van der Waals surface area (Å²) >= 11 is 0. The number of nitrogens with zero attached hydrogens (tertiary/aromatic N) is 4. The van der Waals surface area contributed by atoms with Crippen LogP contribution in [0.3, 0.4) is 0 Å². The number of hydrogen-bond donors (Lipinski definition) is 1. The van der Waals surface area contributed by atoms with Crippen LogP contribution >= 0.6 is 0 Å². The van der Waals surface area contributed by atoms with Crippen LogP contribution in [0.4, 0.5) is 4.79 Å². The third-order valence-corrected chi connectivity index (χ3v) is 8.21. The minimum Gasteiger partial charge on any atom is -0.465 e. The minimum atomic E-state index is -0.770. The highest BCUT2D eigenvalue weighted by molar-refractivity contribution is 5.69. The minimum absolute atomic E-state index is 0.108. The lowest BCUT2D eigenvalue weighted by Crippen LogP contribution is -2.61. The van der Waals surface area contributed by atoms with Crippen molar-refractivity contribution in [2.24, 2.45) is 5.92 Å². The van der Waals surface area contributed by atoms with Gasteiger partial charge in [-0.25, -0.2) is 14.8 Å². The van der Waals surface area contributed by atoms with Gasteiger partial charge in [0.15, 0.2) is 0 Å². The van der Waals surface area contributed by atoms with Crippen molar-refractivity contribution < 1.29 is 14.6 Å². The SMILES string of the molecule is O=C(O)N(C1CN2CCC1CC2)C1(c2ccc(-c3ccc(COCc4cncnc4)cc3)cc2)CC1. The average Bonchev–Trinajstić information content (AvgIpc) is 3.72. The zero-order valence-corrected chi connectivity index (χ0v) is 20.4. The molecule has 0 spiro atoms. The van der Waals surface area contributed by atoms with Crippen LogP contribution in [0.5, 0.6) is 0 Å². The molecule has 36 heavy (non-hydrogen) atoms. The van der Waals surface area contributed by atoms with Crippen LogP contribution in [0.1, 0.15) is 42.4 Å². The van der Waals surface area contributed by atoms with Gasteiger partial charge in [0.05, 0.1) is 24.8 Å². The van der Waals surface area contributed by atoms with Crippen LogP contribution < -0.4 is 0 Å². The van der Waals surface area contributed by atoms with Gasteiger partial charge >= 0.3 is 6.09 Å². The Morgan fingerprint density at radius 1 is 0.944 bits per heavy atom. The maximum absolute atomic E-state index is 12.5. The number of benzene rings is 2. The molecule has 4 fully saturated rings. The zero-order valence-electron chi connectivity index (χ0n) is 20.4. The summed E-state index contributed by atoms with van der Waals surface area (Å²) in [6.07, 6.45) is 8.32. The number of carbonyl (C=O) groups is 1. The molecule has 1 aliphatic carbocycles. The van der Waals surface area contributed by atoms with Crippen molar-refractivity contribution in [2.75, 3.05) is 19.6 Å². The Hall–Kier alpha value is -3.29. The van der Waals surface area contributed by atoms with E-state index in [1.54, 1.807) is 12.4 Å². The predicted octanol–water partition coefficient (Wildman–Crippen LogP) is 4.92. The van der Waals surface area contributed by atoms with Crippen molar-refractivity contribution in [1.29, 1.82) is 0 Å². The van der Waals surface area contributed by atoms with Gasteiger partial charge in [0.25, 0.3) is 0 Å². The molecule has 1 aromatic heterocycles. The maximum Gasteiger partial charge on any atom is 0.408 e. The number of fused-ring (bicyclic) bond motifs is 3. The second-order valence-corrected chi connectivity index (χ2v) is 10.4. The molecule has 4 aliphatic rings. The molecule has 3 saturated heterocycles. The van der Waals surface area contributed by atoms with Gasteiger partial charge in [0, 0.05) is 24.5 Å². The Labute approximate surface area is 211 Å². The first-order valence-electron chi connectivity index (χ1n) is 12.9. The third kappa shape index (κ3) is 4.49. The Bertz CT molecular complexity index is 1190. The van der Waals surface area contributed by atoms with Crippen molar-refractivity contribution in [1.82, 2.24) is 19.8 Å². The fourth-order valence-electron chi connectivity index (χ4n) is 6.11. The third-order valence-electron chi connectivity index (χ3n) is 8.21.